The molecule has 1 aromatic carbocycles. The van der Waals surface area contributed by atoms with E-state index in [0.717, 1.165) is 6.42 Å². The second-order valence-corrected chi connectivity index (χ2v) is 6.48. The molecule has 1 aromatic rings. The molecule has 1 aliphatic heterocycles. The van der Waals surface area contributed by atoms with E-state index in [4.69, 9.17) is 9.47 Å². The summed E-state index contributed by atoms with van der Waals surface area (Å²) in [6, 6.07) is 7.84. The van der Waals surface area contributed by atoms with Crippen LogP contribution in [0, 0.1) is 0 Å². The van der Waals surface area contributed by atoms with Crippen LogP contribution >= 0.6 is 0 Å². The van der Waals surface area contributed by atoms with Gasteiger partial charge in [-0.15, -0.1) is 0 Å². The second kappa shape index (κ2) is 10.4. The van der Waals surface area contributed by atoms with Crippen LogP contribution in [-0.2, 0) is 15.9 Å². The SMILES string of the molecule is CCCCCCCCCCc1ccc(C(=O)OCC2CO2)cc1. The maximum absolute atomic E-state index is 11.8. The molecule has 3 nitrogen and oxygen atoms in total. The first kappa shape index (κ1) is 18.0. The number of aryl methyl sites for hydroxylation is 1. The fourth-order valence-electron chi connectivity index (χ4n) is 2.69. The molecule has 0 amide bonds. The van der Waals surface area contributed by atoms with Crippen molar-refractivity contribution in [3.63, 3.8) is 0 Å². The largest absolute Gasteiger partial charge is 0.459 e. The highest BCUT2D eigenvalue weighted by molar-refractivity contribution is 5.89. The Hall–Kier alpha value is -1.35. The number of epoxide rings is 1. The van der Waals surface area contributed by atoms with Gasteiger partial charge in [0.2, 0.25) is 0 Å². The maximum Gasteiger partial charge on any atom is 0.338 e. The third-order valence-corrected chi connectivity index (χ3v) is 4.31. The molecule has 0 spiro atoms. The standard InChI is InChI=1S/C20H30O3/c1-2-3-4-5-6-7-8-9-10-17-11-13-18(14-12-17)20(21)23-16-19-15-22-19/h11-14,19H,2-10,15-16H2,1H3. The Bertz CT molecular complexity index is 448. The number of carbonyl (C=O) groups excluding carboxylic acids is 1. The Morgan fingerprint density at radius 2 is 1.65 bits per heavy atom. The number of rotatable bonds is 12. The van der Waals surface area contributed by atoms with E-state index in [-0.39, 0.29) is 12.1 Å². The lowest BCUT2D eigenvalue weighted by Crippen LogP contribution is -2.09. The van der Waals surface area contributed by atoms with Crippen LogP contribution in [0.15, 0.2) is 24.3 Å². The molecule has 1 aliphatic rings. The molecule has 3 heteroatoms. The smallest absolute Gasteiger partial charge is 0.338 e. The third-order valence-electron chi connectivity index (χ3n) is 4.31. The van der Waals surface area contributed by atoms with Gasteiger partial charge >= 0.3 is 5.97 Å². The summed E-state index contributed by atoms with van der Waals surface area (Å²) in [5.74, 6) is -0.251. The van der Waals surface area contributed by atoms with Crippen molar-refractivity contribution in [2.45, 2.75) is 70.8 Å². The number of unbranched alkanes of at least 4 members (excludes halogenated alkanes) is 7. The minimum atomic E-state index is -0.251. The molecule has 0 bridgehead atoms. The molecule has 1 saturated heterocycles. The first-order valence-electron chi connectivity index (χ1n) is 9.17. The zero-order valence-electron chi connectivity index (χ0n) is 14.4. The highest BCUT2D eigenvalue weighted by Crippen LogP contribution is 2.14. The van der Waals surface area contributed by atoms with Crippen molar-refractivity contribution in [2.24, 2.45) is 0 Å². The van der Waals surface area contributed by atoms with E-state index in [9.17, 15) is 4.79 Å². The Morgan fingerprint density at radius 3 is 2.26 bits per heavy atom. The molecular formula is C20H30O3. The number of benzene rings is 1. The van der Waals surface area contributed by atoms with E-state index >= 15 is 0 Å². The van der Waals surface area contributed by atoms with Crippen molar-refractivity contribution in [1.29, 1.82) is 0 Å². The van der Waals surface area contributed by atoms with E-state index in [2.05, 4.69) is 6.92 Å². The molecule has 0 saturated carbocycles. The molecule has 0 radical (unpaired) electrons. The van der Waals surface area contributed by atoms with Crippen molar-refractivity contribution < 1.29 is 14.3 Å². The van der Waals surface area contributed by atoms with Gasteiger partial charge in [0.15, 0.2) is 0 Å². The van der Waals surface area contributed by atoms with Gasteiger partial charge in [-0.3, -0.25) is 0 Å². The summed E-state index contributed by atoms with van der Waals surface area (Å²) in [5.41, 5.74) is 1.93. The molecular weight excluding hydrogens is 288 g/mol. The summed E-state index contributed by atoms with van der Waals surface area (Å²) in [6.45, 7) is 3.34. The Morgan fingerprint density at radius 1 is 1.04 bits per heavy atom. The van der Waals surface area contributed by atoms with Gasteiger partial charge in [0, 0.05) is 0 Å². The van der Waals surface area contributed by atoms with Gasteiger partial charge in [0.1, 0.15) is 12.7 Å². The van der Waals surface area contributed by atoms with Crippen LogP contribution < -0.4 is 0 Å². The summed E-state index contributed by atoms with van der Waals surface area (Å²) < 4.78 is 10.2. The van der Waals surface area contributed by atoms with Crippen LogP contribution in [0.2, 0.25) is 0 Å². The lowest BCUT2D eigenvalue weighted by molar-refractivity contribution is 0.0476. The fourth-order valence-corrected chi connectivity index (χ4v) is 2.69. The van der Waals surface area contributed by atoms with Gasteiger partial charge in [0.05, 0.1) is 12.2 Å². The zero-order chi connectivity index (χ0) is 16.3. The van der Waals surface area contributed by atoms with Crippen LogP contribution in [0.5, 0.6) is 0 Å². The van der Waals surface area contributed by atoms with Gasteiger partial charge in [-0.05, 0) is 30.5 Å². The predicted molar refractivity (Wildman–Crippen MR) is 92.8 cm³/mol. The second-order valence-electron chi connectivity index (χ2n) is 6.48. The molecule has 0 aromatic heterocycles. The van der Waals surface area contributed by atoms with Gasteiger partial charge in [-0.1, -0.05) is 64.0 Å². The molecule has 23 heavy (non-hydrogen) atoms. The summed E-state index contributed by atoms with van der Waals surface area (Å²) in [5, 5.41) is 0. The maximum atomic E-state index is 11.8. The number of carbonyl (C=O) groups is 1. The molecule has 0 aliphatic carbocycles. The summed E-state index contributed by atoms with van der Waals surface area (Å²) in [7, 11) is 0. The lowest BCUT2D eigenvalue weighted by Gasteiger charge is -2.05. The van der Waals surface area contributed by atoms with Crippen LogP contribution in [-0.4, -0.2) is 25.3 Å². The van der Waals surface area contributed by atoms with Gasteiger partial charge in [-0.2, -0.15) is 0 Å². The van der Waals surface area contributed by atoms with Crippen LogP contribution in [0.4, 0.5) is 0 Å². The number of hydrogen-bond donors (Lipinski definition) is 0. The Labute approximate surface area is 140 Å². The van der Waals surface area contributed by atoms with Crippen molar-refractivity contribution in [3.05, 3.63) is 35.4 Å². The molecule has 2 rings (SSSR count). The fraction of sp³-hybridized carbons (Fsp3) is 0.650. The van der Waals surface area contributed by atoms with Gasteiger partial charge in [-0.25, -0.2) is 4.79 Å². The van der Waals surface area contributed by atoms with Crippen molar-refractivity contribution >= 4 is 5.97 Å². The van der Waals surface area contributed by atoms with Crippen molar-refractivity contribution in [2.75, 3.05) is 13.2 Å². The zero-order valence-corrected chi connectivity index (χ0v) is 14.4. The molecule has 0 N–H and O–H groups in total. The van der Waals surface area contributed by atoms with Crippen LogP contribution in [0.25, 0.3) is 0 Å². The topological polar surface area (TPSA) is 38.8 Å². The van der Waals surface area contributed by atoms with Crippen molar-refractivity contribution in [1.82, 2.24) is 0 Å². The third kappa shape index (κ3) is 7.65. The molecule has 1 unspecified atom stereocenters. The Kier molecular flexibility index (Phi) is 8.16. The van der Waals surface area contributed by atoms with E-state index < -0.39 is 0 Å². The first-order chi connectivity index (χ1) is 11.3. The quantitative estimate of drug-likeness (QED) is 0.312. The molecule has 128 valence electrons. The Balaban J connectivity index is 1.56. The number of hydrogen-bond acceptors (Lipinski definition) is 3. The average Bonchev–Trinajstić information content (AvgIpc) is 3.40. The monoisotopic (exact) mass is 318 g/mol. The molecule has 1 heterocycles. The molecule has 1 fully saturated rings. The van der Waals surface area contributed by atoms with E-state index in [0.29, 0.717) is 18.8 Å². The van der Waals surface area contributed by atoms with Crippen LogP contribution in [0.1, 0.15) is 74.2 Å². The minimum absolute atomic E-state index is 0.125. The van der Waals surface area contributed by atoms with E-state index in [1.807, 2.05) is 24.3 Å². The molecule has 1 atom stereocenters. The number of esters is 1. The van der Waals surface area contributed by atoms with Gasteiger partial charge < -0.3 is 9.47 Å². The highest BCUT2D eigenvalue weighted by Gasteiger charge is 2.24. The van der Waals surface area contributed by atoms with Gasteiger partial charge in [0.25, 0.3) is 0 Å². The van der Waals surface area contributed by atoms with Crippen molar-refractivity contribution in [3.8, 4) is 0 Å². The summed E-state index contributed by atoms with van der Waals surface area (Å²) in [4.78, 5) is 11.8. The summed E-state index contributed by atoms with van der Waals surface area (Å²) in [6.07, 6.45) is 11.9. The normalized spacial score (nSPS) is 16.3. The summed E-state index contributed by atoms with van der Waals surface area (Å²) >= 11 is 0. The lowest BCUT2D eigenvalue weighted by atomic mass is 10.0. The van der Waals surface area contributed by atoms with Crippen LogP contribution in [0.3, 0.4) is 0 Å². The predicted octanol–water partition coefficient (Wildman–Crippen LogP) is 4.93. The minimum Gasteiger partial charge on any atom is -0.459 e. The average molecular weight is 318 g/mol. The van der Waals surface area contributed by atoms with E-state index in [1.165, 1.54) is 56.9 Å². The van der Waals surface area contributed by atoms with E-state index in [1.54, 1.807) is 0 Å². The number of ether oxygens (including phenoxy) is 2. The first-order valence-corrected chi connectivity index (χ1v) is 9.17. The highest BCUT2D eigenvalue weighted by atomic mass is 16.6.